The summed E-state index contributed by atoms with van der Waals surface area (Å²) in [5, 5.41) is 8.50. The molecule has 0 radical (unpaired) electrons. The van der Waals surface area contributed by atoms with Crippen molar-refractivity contribution >= 4 is 49.0 Å². The molecule has 2 aromatic heterocycles. The van der Waals surface area contributed by atoms with Crippen LogP contribution in [0.15, 0.2) is 94.4 Å². The van der Waals surface area contributed by atoms with Crippen molar-refractivity contribution < 1.29 is 8.42 Å². The summed E-state index contributed by atoms with van der Waals surface area (Å²) in [6.07, 6.45) is 1.70. The van der Waals surface area contributed by atoms with Crippen LogP contribution in [0.4, 0.5) is 5.82 Å². The largest absolute Gasteiger partial charge is 0.366 e. The molecule has 0 aliphatic rings. The number of rotatable bonds is 9. The molecule has 10 heteroatoms. The molecule has 7 nitrogen and oxygen atoms in total. The molecular formula is C29H27BrClN5O2S. The standard InChI is InChI=1S/C29H27BrClN5O2S/c1-19(2)22-10-12-23(13-11-22)39(37,38)34-17-21-7-5-6-20(14-21)16-32-28-15-27(24-8-3-4-9-26(24)31)35-29-25(30)18-33-36(28)29/h3-15,18-19,32,34H,16-17H2,1-2H3. The van der Waals surface area contributed by atoms with Crippen molar-refractivity contribution in [3.63, 3.8) is 0 Å². The van der Waals surface area contributed by atoms with Crippen LogP contribution in [-0.2, 0) is 23.1 Å². The van der Waals surface area contributed by atoms with Crippen molar-refractivity contribution in [3.05, 3.63) is 111 Å². The molecule has 5 rings (SSSR count). The maximum absolute atomic E-state index is 12.8. The van der Waals surface area contributed by atoms with Crippen molar-refractivity contribution in [1.82, 2.24) is 19.3 Å². The van der Waals surface area contributed by atoms with Crippen LogP contribution >= 0.6 is 27.5 Å². The number of fused-ring (bicyclic) bond motifs is 1. The predicted molar refractivity (Wildman–Crippen MR) is 159 cm³/mol. The van der Waals surface area contributed by atoms with Gasteiger partial charge in [-0.05, 0) is 56.7 Å². The number of nitrogens with one attached hydrogen (secondary N) is 2. The smallest absolute Gasteiger partial charge is 0.240 e. The van der Waals surface area contributed by atoms with Gasteiger partial charge in [-0.25, -0.2) is 18.1 Å². The van der Waals surface area contributed by atoms with Gasteiger partial charge in [0.1, 0.15) is 5.82 Å². The average molecular weight is 625 g/mol. The van der Waals surface area contributed by atoms with Crippen LogP contribution in [0.2, 0.25) is 5.02 Å². The van der Waals surface area contributed by atoms with Gasteiger partial charge in [0.2, 0.25) is 10.0 Å². The minimum absolute atomic E-state index is 0.185. The van der Waals surface area contributed by atoms with Crippen molar-refractivity contribution in [2.45, 2.75) is 37.8 Å². The zero-order chi connectivity index (χ0) is 27.6. The summed E-state index contributed by atoms with van der Waals surface area (Å²) in [6, 6.07) is 24.3. The topological polar surface area (TPSA) is 88.4 Å². The lowest BCUT2D eigenvalue weighted by molar-refractivity contribution is 0.581. The Morgan fingerprint density at radius 1 is 0.949 bits per heavy atom. The van der Waals surface area contributed by atoms with Gasteiger partial charge in [-0.15, -0.1) is 0 Å². The molecule has 5 aromatic rings. The van der Waals surface area contributed by atoms with Crippen LogP contribution < -0.4 is 10.0 Å². The molecule has 0 atom stereocenters. The Hall–Kier alpha value is -3.24. The van der Waals surface area contributed by atoms with Crippen molar-refractivity contribution in [2.24, 2.45) is 0 Å². The van der Waals surface area contributed by atoms with Crippen molar-refractivity contribution in [2.75, 3.05) is 5.32 Å². The Balaban J connectivity index is 1.32. The minimum atomic E-state index is -3.63. The van der Waals surface area contributed by atoms with Gasteiger partial charge in [-0.3, -0.25) is 0 Å². The SMILES string of the molecule is CC(C)c1ccc(S(=O)(=O)NCc2cccc(CNc3cc(-c4ccccc4Cl)nc4c(Br)cnn34)c2)cc1. The van der Waals surface area contributed by atoms with E-state index in [0.717, 1.165) is 38.2 Å². The fourth-order valence-electron chi connectivity index (χ4n) is 4.20. The van der Waals surface area contributed by atoms with Gasteiger partial charge >= 0.3 is 0 Å². The highest BCUT2D eigenvalue weighted by Crippen LogP contribution is 2.30. The number of hydrogen-bond donors (Lipinski definition) is 2. The number of halogens is 2. The van der Waals surface area contributed by atoms with E-state index in [1.54, 1.807) is 22.8 Å². The van der Waals surface area contributed by atoms with Crippen LogP contribution in [-0.4, -0.2) is 23.0 Å². The predicted octanol–water partition coefficient (Wildman–Crippen LogP) is 7.03. The maximum Gasteiger partial charge on any atom is 0.240 e. The second-order valence-electron chi connectivity index (χ2n) is 9.46. The summed E-state index contributed by atoms with van der Waals surface area (Å²) in [5.74, 6) is 1.09. The summed E-state index contributed by atoms with van der Waals surface area (Å²) in [5.41, 5.74) is 5.16. The molecule has 0 spiro atoms. The Morgan fingerprint density at radius 2 is 1.67 bits per heavy atom. The summed E-state index contributed by atoms with van der Waals surface area (Å²) >= 11 is 9.97. The lowest BCUT2D eigenvalue weighted by Gasteiger charge is -2.13. The molecule has 0 saturated heterocycles. The summed E-state index contributed by atoms with van der Waals surface area (Å²) < 4.78 is 30.9. The van der Waals surface area contributed by atoms with E-state index in [9.17, 15) is 8.42 Å². The lowest BCUT2D eigenvalue weighted by Crippen LogP contribution is -2.23. The van der Waals surface area contributed by atoms with Gasteiger partial charge in [0.25, 0.3) is 0 Å². The normalized spacial score (nSPS) is 11.8. The first kappa shape index (κ1) is 27.3. The summed E-state index contributed by atoms with van der Waals surface area (Å²) in [4.78, 5) is 5.00. The molecule has 0 fully saturated rings. The van der Waals surface area contributed by atoms with E-state index in [-0.39, 0.29) is 11.4 Å². The second kappa shape index (κ2) is 11.5. The molecule has 2 heterocycles. The molecule has 0 saturated carbocycles. The van der Waals surface area contributed by atoms with Crippen LogP contribution in [0.5, 0.6) is 0 Å². The van der Waals surface area contributed by atoms with E-state index in [0.29, 0.717) is 23.1 Å². The number of hydrogen-bond acceptors (Lipinski definition) is 5. The molecule has 2 N–H and O–H groups in total. The summed E-state index contributed by atoms with van der Waals surface area (Å²) in [6.45, 7) is 4.83. The Bertz CT molecular complexity index is 1740. The minimum Gasteiger partial charge on any atom is -0.366 e. The van der Waals surface area contributed by atoms with Crippen LogP contribution in [0.25, 0.3) is 16.9 Å². The number of aromatic nitrogens is 3. The number of sulfonamides is 1. The first-order valence-corrected chi connectivity index (χ1v) is 15.1. The van der Waals surface area contributed by atoms with Crippen molar-refractivity contribution in [1.29, 1.82) is 0 Å². The van der Waals surface area contributed by atoms with E-state index < -0.39 is 10.0 Å². The van der Waals surface area contributed by atoms with E-state index in [4.69, 9.17) is 16.6 Å². The second-order valence-corrected chi connectivity index (χ2v) is 12.5. The van der Waals surface area contributed by atoms with Crippen LogP contribution in [0, 0.1) is 0 Å². The lowest BCUT2D eigenvalue weighted by atomic mass is 10.0. The fraction of sp³-hybridized carbons (Fsp3) is 0.172. The zero-order valence-corrected chi connectivity index (χ0v) is 24.6. The van der Waals surface area contributed by atoms with Gasteiger partial charge < -0.3 is 5.32 Å². The maximum atomic E-state index is 12.8. The molecule has 39 heavy (non-hydrogen) atoms. The van der Waals surface area contributed by atoms with Gasteiger partial charge in [0, 0.05) is 29.7 Å². The van der Waals surface area contributed by atoms with Crippen molar-refractivity contribution in [3.8, 4) is 11.3 Å². The molecule has 200 valence electrons. The highest BCUT2D eigenvalue weighted by Gasteiger charge is 2.15. The van der Waals surface area contributed by atoms with E-state index in [2.05, 4.69) is 44.9 Å². The van der Waals surface area contributed by atoms with Gasteiger partial charge in [0.05, 0.1) is 21.3 Å². The van der Waals surface area contributed by atoms with Crippen LogP contribution in [0.3, 0.4) is 0 Å². The third-order valence-corrected chi connectivity index (χ3v) is 8.67. The van der Waals surface area contributed by atoms with E-state index in [1.807, 2.05) is 66.7 Å². The van der Waals surface area contributed by atoms with Gasteiger partial charge in [-0.2, -0.15) is 9.61 Å². The molecule has 0 aliphatic carbocycles. The highest BCUT2D eigenvalue weighted by atomic mass is 79.9. The van der Waals surface area contributed by atoms with Crippen LogP contribution in [0.1, 0.15) is 36.5 Å². The fourth-order valence-corrected chi connectivity index (χ4v) is 5.80. The first-order chi connectivity index (χ1) is 18.7. The van der Waals surface area contributed by atoms with Gasteiger partial charge in [0.15, 0.2) is 5.65 Å². The van der Waals surface area contributed by atoms with Gasteiger partial charge in [-0.1, -0.05) is 80.0 Å². The Kier molecular flexibility index (Phi) is 8.04. The Morgan fingerprint density at radius 3 is 2.38 bits per heavy atom. The third-order valence-electron chi connectivity index (χ3n) is 6.37. The molecule has 0 bridgehead atoms. The molecule has 0 amide bonds. The number of anilines is 1. The monoisotopic (exact) mass is 623 g/mol. The molecular weight excluding hydrogens is 598 g/mol. The first-order valence-electron chi connectivity index (χ1n) is 12.4. The number of nitrogens with zero attached hydrogens (tertiary/aromatic N) is 3. The zero-order valence-electron chi connectivity index (χ0n) is 21.4. The molecule has 0 unspecified atom stereocenters. The average Bonchev–Trinajstić information content (AvgIpc) is 3.31. The molecule has 3 aromatic carbocycles. The molecule has 0 aliphatic heterocycles. The quantitative estimate of drug-likeness (QED) is 0.184. The third kappa shape index (κ3) is 6.17. The number of benzene rings is 3. The van der Waals surface area contributed by atoms with E-state index >= 15 is 0 Å². The Labute approximate surface area is 241 Å². The highest BCUT2D eigenvalue weighted by molar-refractivity contribution is 9.10. The van der Waals surface area contributed by atoms with E-state index in [1.165, 1.54) is 0 Å². The summed E-state index contributed by atoms with van der Waals surface area (Å²) in [7, 11) is -3.63.